The third-order valence-electron chi connectivity index (χ3n) is 10.1. The molecular weight excluding hydrogens is 616 g/mol. The molecule has 4 unspecified atom stereocenters. The lowest BCUT2D eigenvalue weighted by atomic mass is 9.83. The number of primary amides is 1. The Labute approximate surface area is 287 Å². The van der Waals surface area contributed by atoms with Crippen molar-refractivity contribution >= 4 is 45.4 Å². The molecule has 2 aromatic carbocycles. The Bertz CT molecular complexity index is 1700. The lowest BCUT2D eigenvalue weighted by molar-refractivity contribution is -0.139. The number of nitrogens with one attached hydrogen (secondary N) is 2. The minimum absolute atomic E-state index is 0.0176. The topological polar surface area (TPSA) is 147 Å². The summed E-state index contributed by atoms with van der Waals surface area (Å²) in [4.78, 5) is 64.1. The third kappa shape index (κ3) is 8.42. The highest BCUT2D eigenvalue weighted by Crippen LogP contribution is 2.32. The van der Waals surface area contributed by atoms with E-state index < -0.39 is 0 Å². The van der Waals surface area contributed by atoms with Crippen LogP contribution in [0.3, 0.4) is 0 Å². The highest BCUT2D eigenvalue weighted by atomic mass is 16.2. The fraction of sp³-hybridized carbons (Fsp3) is 0.436. The summed E-state index contributed by atoms with van der Waals surface area (Å²) in [6.45, 7) is 0. The van der Waals surface area contributed by atoms with Crippen molar-refractivity contribution in [3.05, 3.63) is 84.2 Å². The molecule has 2 saturated carbocycles. The molecule has 0 saturated heterocycles. The van der Waals surface area contributed by atoms with Crippen molar-refractivity contribution in [3.63, 3.8) is 0 Å². The van der Waals surface area contributed by atoms with Crippen molar-refractivity contribution in [3.8, 4) is 0 Å². The van der Waals surface area contributed by atoms with Gasteiger partial charge < -0.3 is 21.3 Å². The SMILES string of the molecule is NC(=O)CCCCCC(=O)N(C1CCCCC1NC(=O)c1ccc2ccccc2n1)C1CCCCC1NC(=O)c1ccc2ccccc2n1. The Morgan fingerprint density at radius 2 is 1.08 bits per heavy atom. The molecule has 4 aromatic rings. The molecule has 2 aliphatic rings. The predicted molar refractivity (Wildman–Crippen MR) is 190 cm³/mol. The number of unbranched alkanes of at least 4 members (excludes halogenated alkanes) is 2. The third-order valence-corrected chi connectivity index (χ3v) is 10.1. The van der Waals surface area contributed by atoms with Crippen LogP contribution in [0.2, 0.25) is 0 Å². The smallest absolute Gasteiger partial charge is 0.270 e. The number of para-hydroxylation sites is 2. The number of benzene rings is 2. The molecule has 0 radical (unpaired) electrons. The molecule has 2 aliphatic carbocycles. The van der Waals surface area contributed by atoms with Crippen LogP contribution >= 0.6 is 0 Å². The van der Waals surface area contributed by atoms with Gasteiger partial charge in [-0.25, -0.2) is 9.97 Å². The monoisotopic (exact) mass is 662 g/mol. The van der Waals surface area contributed by atoms with Crippen LogP contribution < -0.4 is 16.4 Å². The summed E-state index contributed by atoms with van der Waals surface area (Å²) >= 11 is 0. The summed E-state index contributed by atoms with van der Waals surface area (Å²) in [5, 5.41) is 8.46. The van der Waals surface area contributed by atoms with Crippen molar-refractivity contribution in [2.75, 3.05) is 0 Å². The van der Waals surface area contributed by atoms with Crippen LogP contribution in [0, 0.1) is 0 Å². The fourth-order valence-corrected chi connectivity index (χ4v) is 7.59. The van der Waals surface area contributed by atoms with E-state index in [9.17, 15) is 19.2 Å². The van der Waals surface area contributed by atoms with Crippen molar-refractivity contribution in [1.29, 1.82) is 0 Å². The summed E-state index contributed by atoms with van der Waals surface area (Å²) in [5.41, 5.74) is 7.54. The predicted octanol–water partition coefficient (Wildman–Crippen LogP) is 5.83. The number of pyridine rings is 2. The molecule has 10 nitrogen and oxygen atoms in total. The number of fused-ring (bicyclic) bond motifs is 2. The lowest BCUT2D eigenvalue weighted by Gasteiger charge is -2.48. The standard InChI is InChI=1S/C39H46N6O4/c40-36(46)20-2-1-3-21-37(47)45(34-18-10-8-16-30(34)43-38(48)32-24-22-26-12-4-6-14-28(26)41-32)35-19-11-9-17-31(35)44-39(49)33-25-23-27-13-5-7-15-29(27)42-33/h4-7,12-15,22-25,30-31,34-35H,1-3,8-11,16-21H2,(H2,40,46)(H,43,48)(H,44,49). The van der Waals surface area contributed by atoms with E-state index >= 15 is 0 Å². The Balaban J connectivity index is 1.24. The van der Waals surface area contributed by atoms with E-state index in [2.05, 4.69) is 20.6 Å². The van der Waals surface area contributed by atoms with Crippen molar-refractivity contribution in [2.45, 2.75) is 108 Å². The van der Waals surface area contributed by atoms with Gasteiger partial charge >= 0.3 is 0 Å². The van der Waals surface area contributed by atoms with Gasteiger partial charge in [0.05, 0.1) is 23.1 Å². The Morgan fingerprint density at radius 1 is 0.612 bits per heavy atom. The Hall–Kier alpha value is -4.86. The maximum atomic E-state index is 14.3. The van der Waals surface area contributed by atoms with Crippen LogP contribution in [-0.2, 0) is 9.59 Å². The largest absolute Gasteiger partial charge is 0.370 e. The molecule has 10 heteroatoms. The molecule has 2 aromatic heterocycles. The zero-order valence-corrected chi connectivity index (χ0v) is 28.0. The molecule has 4 atom stereocenters. The number of aromatic nitrogens is 2. The number of nitrogens with zero attached hydrogens (tertiary/aromatic N) is 3. The molecule has 4 N–H and O–H groups in total. The van der Waals surface area contributed by atoms with E-state index in [1.165, 1.54) is 0 Å². The lowest BCUT2D eigenvalue weighted by Crippen LogP contribution is -2.63. The first-order valence-corrected chi connectivity index (χ1v) is 17.8. The van der Waals surface area contributed by atoms with Gasteiger partial charge in [-0.1, -0.05) is 80.6 Å². The van der Waals surface area contributed by atoms with Gasteiger partial charge in [0.15, 0.2) is 0 Å². The summed E-state index contributed by atoms with van der Waals surface area (Å²) in [6.07, 6.45) is 9.41. The van der Waals surface area contributed by atoms with Crippen LogP contribution in [0.4, 0.5) is 0 Å². The molecule has 49 heavy (non-hydrogen) atoms. The second kappa shape index (κ2) is 16.0. The maximum Gasteiger partial charge on any atom is 0.270 e. The molecule has 0 bridgehead atoms. The molecule has 2 fully saturated rings. The van der Waals surface area contributed by atoms with Crippen LogP contribution in [-0.4, -0.2) is 62.7 Å². The number of carbonyl (C=O) groups is 4. The van der Waals surface area contributed by atoms with E-state index in [4.69, 9.17) is 5.73 Å². The number of hydrogen-bond donors (Lipinski definition) is 3. The molecule has 2 heterocycles. The molecule has 0 aliphatic heterocycles. The van der Waals surface area contributed by atoms with Crippen molar-refractivity contribution in [2.24, 2.45) is 5.73 Å². The van der Waals surface area contributed by atoms with Gasteiger partial charge in [0.2, 0.25) is 11.8 Å². The van der Waals surface area contributed by atoms with E-state index in [0.717, 1.165) is 79.6 Å². The van der Waals surface area contributed by atoms with Gasteiger partial charge in [-0.2, -0.15) is 0 Å². The van der Waals surface area contributed by atoms with Gasteiger partial charge in [0.25, 0.3) is 11.8 Å². The minimum Gasteiger partial charge on any atom is -0.370 e. The first-order chi connectivity index (χ1) is 23.9. The normalized spacial score (nSPS) is 20.8. The van der Waals surface area contributed by atoms with E-state index in [1.807, 2.05) is 65.6 Å². The molecular formula is C39H46N6O4. The number of hydrogen-bond acceptors (Lipinski definition) is 6. The zero-order valence-electron chi connectivity index (χ0n) is 28.0. The van der Waals surface area contributed by atoms with E-state index in [0.29, 0.717) is 37.1 Å². The second-order valence-corrected chi connectivity index (χ2v) is 13.5. The number of amides is 4. The fourth-order valence-electron chi connectivity index (χ4n) is 7.59. The second-order valence-electron chi connectivity index (χ2n) is 13.5. The first kappa shape index (κ1) is 34.0. The van der Waals surface area contributed by atoms with Gasteiger partial charge in [-0.15, -0.1) is 0 Å². The van der Waals surface area contributed by atoms with Crippen LogP contribution in [0.1, 0.15) is 104 Å². The molecule has 6 rings (SSSR count). The minimum atomic E-state index is -0.337. The van der Waals surface area contributed by atoms with Crippen molar-refractivity contribution in [1.82, 2.24) is 25.5 Å². The summed E-state index contributed by atoms with van der Waals surface area (Å²) in [6, 6.07) is 21.8. The van der Waals surface area contributed by atoms with Crippen LogP contribution in [0.25, 0.3) is 21.8 Å². The average Bonchev–Trinajstić information content (AvgIpc) is 3.12. The van der Waals surface area contributed by atoms with Crippen LogP contribution in [0.5, 0.6) is 0 Å². The quantitative estimate of drug-likeness (QED) is 0.163. The van der Waals surface area contributed by atoms with E-state index in [1.54, 1.807) is 12.1 Å². The average molecular weight is 663 g/mol. The van der Waals surface area contributed by atoms with Crippen molar-refractivity contribution < 1.29 is 19.2 Å². The number of rotatable bonds is 12. The summed E-state index contributed by atoms with van der Waals surface area (Å²) in [5.74, 6) is -0.824. The Morgan fingerprint density at radius 3 is 1.59 bits per heavy atom. The van der Waals surface area contributed by atoms with Gasteiger partial charge in [0, 0.05) is 35.7 Å². The van der Waals surface area contributed by atoms with Gasteiger partial charge in [-0.05, 0) is 62.8 Å². The zero-order chi connectivity index (χ0) is 34.2. The molecule has 0 spiro atoms. The highest BCUT2D eigenvalue weighted by molar-refractivity contribution is 5.96. The summed E-state index contributed by atoms with van der Waals surface area (Å²) in [7, 11) is 0. The number of carbonyl (C=O) groups excluding carboxylic acids is 4. The van der Waals surface area contributed by atoms with Gasteiger partial charge in [0.1, 0.15) is 11.4 Å². The van der Waals surface area contributed by atoms with Gasteiger partial charge in [-0.3, -0.25) is 19.2 Å². The van der Waals surface area contributed by atoms with Crippen LogP contribution in [0.15, 0.2) is 72.8 Å². The maximum absolute atomic E-state index is 14.3. The number of nitrogens with two attached hydrogens (primary N) is 1. The molecule has 256 valence electrons. The Kier molecular flexibility index (Phi) is 11.1. The molecule has 4 amide bonds. The highest BCUT2D eigenvalue weighted by Gasteiger charge is 2.42. The first-order valence-electron chi connectivity index (χ1n) is 17.8. The van der Waals surface area contributed by atoms with E-state index in [-0.39, 0.29) is 47.8 Å². The summed E-state index contributed by atoms with van der Waals surface area (Å²) < 4.78 is 0.